The Morgan fingerprint density at radius 3 is 0.565 bits per heavy atom. The molecule has 0 saturated heterocycles. The van der Waals surface area contributed by atoms with Gasteiger partial charge in [0.15, 0.2) is 0 Å². The number of nitrogens with one attached hydrogen (secondary N) is 2. The Morgan fingerprint density at radius 1 is 0.207 bits per heavy atom. The minimum absolute atomic E-state index is 0.931. The first-order chi connectivity index (χ1) is 44.5. The maximum absolute atomic E-state index is 6.45. The van der Waals surface area contributed by atoms with Gasteiger partial charge in [-0.25, -0.2) is 9.97 Å². The van der Waals surface area contributed by atoms with E-state index in [0.29, 0.717) is 0 Å². The van der Waals surface area contributed by atoms with E-state index < -0.39 is 0 Å². The molecule has 4 heterocycles. The van der Waals surface area contributed by atoms with Crippen LogP contribution >= 0.6 is 0 Å². The van der Waals surface area contributed by atoms with Crippen LogP contribution in [0.4, 0.5) is 0 Å². The van der Waals surface area contributed by atoms with Crippen molar-refractivity contribution in [2.45, 2.75) is 83.1 Å². The molecule has 12 aromatic carbocycles. The molecule has 0 unspecified atom stereocenters. The van der Waals surface area contributed by atoms with Crippen LogP contribution in [-0.4, -0.2) is 19.9 Å². The van der Waals surface area contributed by atoms with Gasteiger partial charge in [-0.2, -0.15) is 0 Å². The molecule has 3 aliphatic rings. The molecule has 2 N–H and O–H groups in total. The number of fused-ring (bicyclic) bond motifs is 4. The van der Waals surface area contributed by atoms with Gasteiger partial charge in [-0.3, -0.25) is 0 Å². The molecule has 8 bridgehead atoms. The summed E-state index contributed by atoms with van der Waals surface area (Å²) in [6.45, 7) is 27.3. The number of benzene rings is 12. The van der Waals surface area contributed by atoms with E-state index in [2.05, 4.69) is 287 Å². The first-order valence-electron chi connectivity index (χ1n) is 32.4. The molecule has 0 amide bonds. The molecule has 17 rings (SSSR count). The average Bonchev–Trinajstić information content (AvgIpc) is 1.55. The summed E-state index contributed by atoms with van der Waals surface area (Å²) in [7, 11) is 0. The lowest BCUT2D eigenvalue weighted by molar-refractivity contribution is 1.30. The molecule has 0 fully saturated rings. The monoisotopic (exact) mass is 1180 g/mol. The van der Waals surface area contributed by atoms with Crippen LogP contribution in [0.15, 0.2) is 194 Å². The van der Waals surface area contributed by atoms with Crippen molar-refractivity contribution < 1.29 is 0 Å². The van der Waals surface area contributed by atoms with E-state index in [1.54, 1.807) is 0 Å². The average molecular weight is 1180 g/mol. The van der Waals surface area contributed by atoms with Crippen molar-refractivity contribution >= 4 is 86.7 Å². The number of rotatable bonds is 4. The molecule has 14 aromatic rings. The quantitative estimate of drug-likeness (QED) is 0.184. The minimum Gasteiger partial charge on any atom is -0.353 e. The first kappa shape index (κ1) is 55.4. The second-order valence-electron chi connectivity index (χ2n) is 26.9. The van der Waals surface area contributed by atoms with Crippen LogP contribution in [0.3, 0.4) is 0 Å². The lowest BCUT2D eigenvalue weighted by Gasteiger charge is -2.16. The summed E-state index contributed by atoms with van der Waals surface area (Å²) in [5, 5.41) is 13.8. The predicted octanol–water partition coefficient (Wildman–Crippen LogP) is 24.3. The Bertz CT molecular complexity index is 5200. The van der Waals surface area contributed by atoms with Gasteiger partial charge in [-0.05, 0) is 241 Å². The van der Waals surface area contributed by atoms with Gasteiger partial charge in [0.1, 0.15) is 0 Å². The third-order valence-electron chi connectivity index (χ3n) is 20.2. The van der Waals surface area contributed by atoms with Crippen molar-refractivity contribution in [3.05, 3.63) is 261 Å². The fraction of sp³-hybridized carbons (Fsp3) is 0.136. The van der Waals surface area contributed by atoms with Crippen LogP contribution in [0.2, 0.25) is 0 Å². The Balaban J connectivity index is 1.27. The van der Waals surface area contributed by atoms with Crippen molar-refractivity contribution in [2.24, 2.45) is 0 Å². The summed E-state index contributed by atoms with van der Waals surface area (Å²) >= 11 is 0. The van der Waals surface area contributed by atoms with Crippen LogP contribution in [0.5, 0.6) is 0 Å². The topological polar surface area (TPSA) is 57.4 Å². The Kier molecular flexibility index (Phi) is 12.3. The number of aromatic amines is 2. The largest absolute Gasteiger partial charge is 0.353 e. The van der Waals surface area contributed by atoms with E-state index >= 15 is 0 Å². The smallest absolute Gasteiger partial charge is 0.0816 e. The van der Waals surface area contributed by atoms with E-state index in [4.69, 9.17) is 9.97 Å². The molecular formula is C88H70N4. The van der Waals surface area contributed by atoms with Gasteiger partial charge < -0.3 is 9.97 Å². The lowest BCUT2D eigenvalue weighted by Crippen LogP contribution is -1.95. The molecule has 0 saturated carbocycles. The molecule has 0 atom stereocenters. The van der Waals surface area contributed by atoms with Gasteiger partial charge in [0, 0.05) is 66.1 Å². The fourth-order valence-corrected chi connectivity index (χ4v) is 16.9. The van der Waals surface area contributed by atoms with Crippen LogP contribution in [0.1, 0.15) is 66.8 Å². The molecule has 2 aromatic heterocycles. The molecular weight excluding hydrogens is 1110 g/mol. The highest BCUT2D eigenvalue weighted by molar-refractivity contribution is 6.25. The Hall–Kier alpha value is -10.7. The van der Waals surface area contributed by atoms with Crippen LogP contribution in [-0.2, 0) is 0 Å². The second kappa shape index (κ2) is 20.4. The highest BCUT2D eigenvalue weighted by atomic mass is 14.8. The number of H-pyrrole nitrogens is 2. The molecule has 4 heteroatoms. The summed E-state index contributed by atoms with van der Waals surface area (Å²) in [5.74, 6) is 0. The summed E-state index contributed by atoms with van der Waals surface area (Å²) in [5.41, 5.74) is 35.5. The van der Waals surface area contributed by atoms with Gasteiger partial charge in [-0.15, -0.1) is 0 Å². The van der Waals surface area contributed by atoms with Gasteiger partial charge in [0.25, 0.3) is 0 Å². The van der Waals surface area contributed by atoms with Crippen molar-refractivity contribution in [1.29, 1.82) is 0 Å². The third-order valence-corrected chi connectivity index (χ3v) is 20.2. The highest BCUT2D eigenvalue weighted by Crippen LogP contribution is 2.55. The molecule has 442 valence electrons. The second-order valence-corrected chi connectivity index (χ2v) is 26.9. The summed E-state index contributed by atoms with van der Waals surface area (Å²) < 4.78 is 0. The maximum Gasteiger partial charge on any atom is 0.0816 e. The van der Waals surface area contributed by atoms with Crippen molar-refractivity contribution in [2.75, 3.05) is 0 Å². The number of nitrogens with zero attached hydrogens (tertiary/aromatic N) is 2. The highest BCUT2D eigenvalue weighted by Gasteiger charge is 2.33. The SMILES string of the molecule is Cc1cc(C)c(-c2c3nc(c(-c4c(C)cc(C)cc4C)c4[nH]c(c(-c5c(C)cc(C)cc5C)c5nc(c(-c6c(C)cc(C)cc6C)c6[nH]c2c2cc7ccccc7cc62)-c2cc6ccccc6cc2-5)c2cc5ccccc5cc42)-c2cc4ccccc4cc2-3)c(C)c1. The zero-order valence-corrected chi connectivity index (χ0v) is 54.4. The van der Waals surface area contributed by atoms with Gasteiger partial charge in [0.2, 0.25) is 0 Å². The molecule has 1 aliphatic carbocycles. The third kappa shape index (κ3) is 8.35. The summed E-state index contributed by atoms with van der Waals surface area (Å²) in [6.07, 6.45) is 0. The number of hydrogen-bond donors (Lipinski definition) is 2. The van der Waals surface area contributed by atoms with E-state index in [0.717, 1.165) is 132 Å². The lowest BCUT2D eigenvalue weighted by atomic mass is 9.87. The van der Waals surface area contributed by atoms with Gasteiger partial charge >= 0.3 is 0 Å². The Morgan fingerprint density at radius 2 is 0.380 bits per heavy atom. The molecule has 92 heavy (non-hydrogen) atoms. The van der Waals surface area contributed by atoms with E-state index in [-0.39, 0.29) is 0 Å². The van der Waals surface area contributed by atoms with Crippen molar-refractivity contribution in [3.63, 3.8) is 0 Å². The minimum atomic E-state index is 0.931. The van der Waals surface area contributed by atoms with E-state index in [1.165, 1.54) is 111 Å². The molecule has 0 radical (unpaired) electrons. The zero-order valence-electron chi connectivity index (χ0n) is 54.4. The van der Waals surface area contributed by atoms with Gasteiger partial charge in [-0.1, -0.05) is 168 Å². The van der Waals surface area contributed by atoms with Gasteiger partial charge in [0.05, 0.1) is 44.8 Å². The van der Waals surface area contributed by atoms with Crippen molar-refractivity contribution in [1.82, 2.24) is 19.9 Å². The molecule has 2 aliphatic heterocycles. The van der Waals surface area contributed by atoms with Crippen LogP contribution in [0.25, 0.3) is 176 Å². The summed E-state index contributed by atoms with van der Waals surface area (Å²) in [6, 6.07) is 73.9. The number of aromatic nitrogens is 4. The zero-order chi connectivity index (χ0) is 62.9. The normalized spacial score (nSPS) is 12.1. The van der Waals surface area contributed by atoms with Crippen LogP contribution in [0, 0.1) is 83.1 Å². The molecule has 4 nitrogen and oxygen atoms in total. The number of aryl methyl sites for hydroxylation is 12. The fourth-order valence-electron chi connectivity index (χ4n) is 16.9. The Labute approximate surface area is 537 Å². The summed E-state index contributed by atoms with van der Waals surface area (Å²) in [4.78, 5) is 21.9. The standard InChI is InChI=1S/C88H70N4/c1-45-29-49(5)73(50(6)30-45)77-81-65-37-57-21-13-15-23-59(57)39-67(65)83(89-81)78(74-51(7)31-46(2)32-52(74)8)85-69-41-61-25-17-19-27-63(61)43-71(69)87(91-85)80(76-55(11)35-48(4)36-56(76)12)88-72-44-64-28-20-18-26-62(64)42-70(72)86(92-88)79(75-53(9)33-47(3)34-54(75)10)84-68-40-60-24-16-14-22-58(60)38-66(68)82(77)90-84/h13-44,89,92H,1-12H3. The first-order valence-corrected chi connectivity index (χ1v) is 32.4. The predicted molar refractivity (Wildman–Crippen MR) is 393 cm³/mol. The van der Waals surface area contributed by atoms with E-state index in [9.17, 15) is 0 Å². The van der Waals surface area contributed by atoms with E-state index in [1.807, 2.05) is 0 Å². The van der Waals surface area contributed by atoms with Crippen molar-refractivity contribution in [3.8, 4) is 89.5 Å². The molecule has 0 spiro atoms. The maximum atomic E-state index is 6.45. The number of hydrogen-bond acceptors (Lipinski definition) is 2. The van der Waals surface area contributed by atoms with Crippen LogP contribution < -0.4 is 0 Å².